The fraction of sp³-hybridized carbons (Fsp3) is 0.316. The second-order valence-electron chi connectivity index (χ2n) is 6.65. The van der Waals surface area contributed by atoms with Gasteiger partial charge in [-0.25, -0.2) is 0 Å². The van der Waals surface area contributed by atoms with Crippen molar-refractivity contribution in [3.63, 3.8) is 0 Å². The van der Waals surface area contributed by atoms with E-state index in [1.54, 1.807) is 19.2 Å². The quantitative estimate of drug-likeness (QED) is 0.700. The highest BCUT2D eigenvalue weighted by molar-refractivity contribution is 6.58. The first-order chi connectivity index (χ1) is 12.5. The second kappa shape index (κ2) is 7.91. The summed E-state index contributed by atoms with van der Waals surface area (Å²) < 4.78 is 5.49. The van der Waals surface area contributed by atoms with Crippen molar-refractivity contribution >= 4 is 24.2 Å². The zero-order valence-electron chi connectivity index (χ0n) is 15.0. The second-order valence-corrected chi connectivity index (χ2v) is 6.65. The van der Waals surface area contributed by atoms with Crippen LogP contribution in [0.4, 0.5) is 5.69 Å². The van der Waals surface area contributed by atoms with Crippen LogP contribution in [0.25, 0.3) is 0 Å². The first-order valence-electron chi connectivity index (χ1n) is 8.62. The zero-order valence-corrected chi connectivity index (χ0v) is 15.0. The van der Waals surface area contributed by atoms with Crippen LogP contribution in [0.3, 0.4) is 0 Å². The Labute approximate surface area is 153 Å². The Bertz CT molecular complexity index is 780. The molecule has 0 aromatic heterocycles. The lowest BCUT2D eigenvalue weighted by Gasteiger charge is -2.17. The monoisotopic (exact) mass is 354 g/mol. The van der Waals surface area contributed by atoms with Gasteiger partial charge in [-0.15, -0.1) is 0 Å². The van der Waals surface area contributed by atoms with Gasteiger partial charge in [0, 0.05) is 29.3 Å². The molecule has 0 saturated carbocycles. The maximum atomic E-state index is 12.5. The Kier molecular flexibility index (Phi) is 5.61. The Hall–Kier alpha value is -2.35. The molecule has 2 aromatic rings. The lowest BCUT2D eigenvalue weighted by molar-refractivity contribution is 0.102. The molecule has 26 heavy (non-hydrogen) atoms. The van der Waals surface area contributed by atoms with Gasteiger partial charge in [0.1, 0.15) is 5.75 Å². The van der Waals surface area contributed by atoms with E-state index in [1.807, 2.05) is 18.2 Å². The van der Waals surface area contributed by atoms with Crippen LogP contribution in [0.5, 0.6) is 5.75 Å². The van der Waals surface area contributed by atoms with Crippen LogP contribution in [0.1, 0.15) is 28.3 Å². The normalized spacial score (nSPS) is 17.2. The number of hydrogen-bond donors (Lipinski definition) is 3. The van der Waals surface area contributed by atoms with Crippen molar-refractivity contribution in [2.45, 2.75) is 12.3 Å². The van der Waals surface area contributed by atoms with Gasteiger partial charge in [-0.3, -0.25) is 4.79 Å². The van der Waals surface area contributed by atoms with E-state index < -0.39 is 7.12 Å². The number of nitrogens with one attached hydrogen (secondary N) is 1. The number of carbonyl (C=O) groups excluding carboxylic acids is 1. The maximum Gasteiger partial charge on any atom is 0.488 e. The highest BCUT2D eigenvalue weighted by Gasteiger charge is 2.24. The van der Waals surface area contributed by atoms with Gasteiger partial charge >= 0.3 is 7.12 Å². The molecule has 0 spiro atoms. The molecule has 0 radical (unpaired) electrons. The molecule has 1 aliphatic heterocycles. The molecule has 1 amide bonds. The van der Waals surface area contributed by atoms with Crippen molar-refractivity contribution in [2.75, 3.05) is 32.6 Å². The van der Waals surface area contributed by atoms with Crippen molar-refractivity contribution in [3.05, 3.63) is 53.6 Å². The van der Waals surface area contributed by atoms with Crippen molar-refractivity contribution in [1.29, 1.82) is 0 Å². The molecule has 1 aliphatic rings. The van der Waals surface area contributed by atoms with Crippen LogP contribution in [-0.4, -0.2) is 55.2 Å². The lowest BCUT2D eigenvalue weighted by Crippen LogP contribution is -2.29. The first-order valence-corrected chi connectivity index (χ1v) is 8.62. The Morgan fingerprint density at radius 2 is 1.96 bits per heavy atom. The van der Waals surface area contributed by atoms with Gasteiger partial charge in [0.05, 0.1) is 7.11 Å². The summed E-state index contributed by atoms with van der Waals surface area (Å²) in [6, 6.07) is 11.9. The third kappa shape index (κ3) is 4.07. The molecule has 0 aliphatic carbocycles. The summed E-state index contributed by atoms with van der Waals surface area (Å²) in [4.78, 5) is 14.7. The summed E-state index contributed by atoms with van der Waals surface area (Å²) >= 11 is 0. The highest BCUT2D eigenvalue weighted by Crippen LogP contribution is 2.35. The number of hydrogen-bond acceptors (Lipinski definition) is 5. The summed E-state index contributed by atoms with van der Waals surface area (Å²) in [7, 11) is 2.22. The molecule has 6 nitrogen and oxygen atoms in total. The number of benzene rings is 2. The molecule has 1 heterocycles. The number of likely N-dealkylation sites (N-methyl/N-ethyl adjacent to an activating group) is 1. The number of amides is 1. The molecule has 1 atom stereocenters. The van der Waals surface area contributed by atoms with E-state index in [1.165, 1.54) is 12.1 Å². The van der Waals surface area contributed by atoms with Gasteiger partial charge in [-0.1, -0.05) is 12.1 Å². The number of anilines is 1. The van der Waals surface area contributed by atoms with E-state index in [2.05, 4.69) is 17.3 Å². The molecule has 7 heteroatoms. The van der Waals surface area contributed by atoms with Crippen LogP contribution in [-0.2, 0) is 0 Å². The minimum absolute atomic E-state index is 0.247. The molecular formula is C19H23BN2O4. The topological polar surface area (TPSA) is 82.0 Å². The molecule has 1 saturated heterocycles. The van der Waals surface area contributed by atoms with E-state index in [0.29, 0.717) is 22.6 Å². The minimum Gasteiger partial charge on any atom is -0.496 e. The van der Waals surface area contributed by atoms with Crippen LogP contribution >= 0.6 is 0 Å². The highest BCUT2D eigenvalue weighted by atomic mass is 16.5. The molecule has 136 valence electrons. The lowest BCUT2D eigenvalue weighted by atomic mass is 9.80. The van der Waals surface area contributed by atoms with E-state index >= 15 is 0 Å². The number of methoxy groups -OCH3 is 1. The number of nitrogens with zero attached hydrogens (tertiary/aromatic N) is 1. The van der Waals surface area contributed by atoms with Gasteiger partial charge in [0.2, 0.25) is 0 Å². The van der Waals surface area contributed by atoms with E-state index in [-0.39, 0.29) is 5.91 Å². The largest absolute Gasteiger partial charge is 0.496 e. The summed E-state index contributed by atoms with van der Waals surface area (Å²) in [5.74, 6) is 0.977. The molecule has 3 N–H and O–H groups in total. The summed E-state index contributed by atoms with van der Waals surface area (Å²) in [5.41, 5.74) is 2.62. The summed E-state index contributed by atoms with van der Waals surface area (Å²) in [6.07, 6.45) is 1.06. The number of likely N-dealkylation sites (tertiary alicyclic amines) is 1. The van der Waals surface area contributed by atoms with Crippen LogP contribution < -0.4 is 15.5 Å². The van der Waals surface area contributed by atoms with Crippen LogP contribution in [0.2, 0.25) is 0 Å². The van der Waals surface area contributed by atoms with Gasteiger partial charge in [-0.2, -0.15) is 0 Å². The summed E-state index contributed by atoms with van der Waals surface area (Å²) in [6.45, 7) is 2.02. The van der Waals surface area contributed by atoms with Gasteiger partial charge in [0.15, 0.2) is 0 Å². The van der Waals surface area contributed by atoms with Crippen molar-refractivity contribution < 1.29 is 19.6 Å². The Morgan fingerprint density at radius 1 is 1.23 bits per heavy atom. The molecular weight excluding hydrogens is 331 g/mol. The van der Waals surface area contributed by atoms with Crippen molar-refractivity contribution in [2.24, 2.45) is 0 Å². The standard InChI is InChI=1S/C19H23BN2O4/c1-22-10-9-14(12-22)17-11-16(7-8-18(17)26-2)21-19(23)13-3-5-15(6-4-13)20(24)25/h3-8,11,14,24-25H,9-10,12H2,1-2H3,(H,21,23). The molecule has 2 aromatic carbocycles. The Balaban J connectivity index is 1.77. The van der Waals surface area contributed by atoms with Crippen molar-refractivity contribution in [3.8, 4) is 5.75 Å². The third-order valence-corrected chi connectivity index (χ3v) is 4.79. The average Bonchev–Trinajstić information content (AvgIpc) is 3.08. The fourth-order valence-corrected chi connectivity index (χ4v) is 3.33. The van der Waals surface area contributed by atoms with Crippen LogP contribution in [0.15, 0.2) is 42.5 Å². The van der Waals surface area contributed by atoms with E-state index in [4.69, 9.17) is 14.8 Å². The average molecular weight is 354 g/mol. The molecule has 0 bridgehead atoms. The van der Waals surface area contributed by atoms with Gasteiger partial charge < -0.3 is 25.0 Å². The minimum atomic E-state index is -1.54. The van der Waals surface area contributed by atoms with E-state index in [9.17, 15) is 4.79 Å². The predicted octanol–water partition coefficient (Wildman–Crippen LogP) is 1.05. The van der Waals surface area contributed by atoms with Gasteiger partial charge in [-0.05, 0) is 55.8 Å². The molecule has 1 fully saturated rings. The first kappa shape index (κ1) is 18.4. The zero-order chi connectivity index (χ0) is 18.7. The number of rotatable bonds is 5. The van der Waals surface area contributed by atoms with Gasteiger partial charge in [0.25, 0.3) is 5.91 Å². The number of carbonyl (C=O) groups is 1. The van der Waals surface area contributed by atoms with E-state index in [0.717, 1.165) is 30.8 Å². The molecule has 3 rings (SSSR count). The van der Waals surface area contributed by atoms with Crippen molar-refractivity contribution in [1.82, 2.24) is 4.90 Å². The predicted molar refractivity (Wildman–Crippen MR) is 102 cm³/mol. The Morgan fingerprint density at radius 3 is 2.54 bits per heavy atom. The third-order valence-electron chi connectivity index (χ3n) is 4.79. The SMILES string of the molecule is COc1ccc(NC(=O)c2ccc(B(O)O)cc2)cc1C1CCN(C)C1. The molecule has 1 unspecified atom stereocenters. The fourth-order valence-electron chi connectivity index (χ4n) is 3.33. The maximum absolute atomic E-state index is 12.5. The smallest absolute Gasteiger partial charge is 0.488 e. The summed E-state index contributed by atoms with van der Waals surface area (Å²) in [5, 5.41) is 21.2. The number of ether oxygens (including phenoxy) is 1. The van der Waals surface area contributed by atoms with Crippen LogP contribution in [0, 0.1) is 0 Å².